The Kier molecular flexibility index (Phi) is 8.55. The first-order valence-corrected chi connectivity index (χ1v) is 12.1. The minimum absolute atomic E-state index is 0.00548. The highest BCUT2D eigenvalue weighted by Gasteiger charge is 2.11. The molecule has 0 unspecified atom stereocenters. The molecule has 0 bridgehead atoms. The Labute approximate surface area is 219 Å². The SMILES string of the molecule is CCOc1ccc(Cn2cc(NC(=O)c3cccc(COc4ccc([N+](=O)[O-])cc4)c3)cn2)cc1OCC. The smallest absolute Gasteiger partial charge is 0.269 e. The first-order chi connectivity index (χ1) is 18.4. The largest absolute Gasteiger partial charge is 0.490 e. The van der Waals surface area contributed by atoms with Gasteiger partial charge in [-0.1, -0.05) is 18.2 Å². The number of nitro groups is 1. The second kappa shape index (κ2) is 12.4. The predicted octanol–water partition coefficient (Wildman–Crippen LogP) is 5.47. The van der Waals surface area contributed by atoms with Crippen LogP contribution in [-0.2, 0) is 13.2 Å². The van der Waals surface area contributed by atoms with E-state index in [1.54, 1.807) is 35.3 Å². The number of non-ortho nitro benzene ring substituents is 1. The average molecular weight is 517 g/mol. The van der Waals surface area contributed by atoms with Crippen LogP contribution in [-0.4, -0.2) is 33.8 Å². The van der Waals surface area contributed by atoms with E-state index in [2.05, 4.69) is 10.4 Å². The van der Waals surface area contributed by atoms with Crippen molar-refractivity contribution in [3.05, 3.63) is 106 Å². The summed E-state index contributed by atoms with van der Waals surface area (Å²) in [6, 6.07) is 18.7. The molecule has 0 radical (unpaired) electrons. The fourth-order valence-corrected chi connectivity index (χ4v) is 3.73. The van der Waals surface area contributed by atoms with E-state index < -0.39 is 4.92 Å². The van der Waals surface area contributed by atoms with Gasteiger partial charge in [0.05, 0.1) is 36.6 Å². The van der Waals surface area contributed by atoms with Gasteiger partial charge in [-0.3, -0.25) is 19.6 Å². The second-order valence-corrected chi connectivity index (χ2v) is 8.27. The molecule has 38 heavy (non-hydrogen) atoms. The molecule has 4 rings (SSSR count). The highest BCUT2D eigenvalue weighted by molar-refractivity contribution is 6.04. The Balaban J connectivity index is 1.36. The lowest BCUT2D eigenvalue weighted by atomic mass is 10.1. The van der Waals surface area contributed by atoms with Crippen LogP contribution in [0.1, 0.15) is 35.3 Å². The van der Waals surface area contributed by atoms with E-state index >= 15 is 0 Å². The molecule has 0 spiro atoms. The molecule has 0 saturated heterocycles. The van der Waals surface area contributed by atoms with Gasteiger partial charge in [0, 0.05) is 23.9 Å². The van der Waals surface area contributed by atoms with E-state index in [1.807, 2.05) is 38.1 Å². The van der Waals surface area contributed by atoms with Gasteiger partial charge in [0.1, 0.15) is 12.4 Å². The zero-order valence-corrected chi connectivity index (χ0v) is 21.1. The van der Waals surface area contributed by atoms with Crippen molar-refractivity contribution in [2.45, 2.75) is 27.0 Å². The molecule has 0 fully saturated rings. The van der Waals surface area contributed by atoms with Gasteiger partial charge in [-0.05, 0) is 61.4 Å². The normalized spacial score (nSPS) is 10.6. The molecule has 0 atom stereocenters. The summed E-state index contributed by atoms with van der Waals surface area (Å²) < 4.78 is 18.7. The number of hydrogen-bond acceptors (Lipinski definition) is 7. The van der Waals surface area contributed by atoms with E-state index in [1.165, 1.54) is 24.3 Å². The van der Waals surface area contributed by atoms with Crippen LogP contribution in [0.25, 0.3) is 0 Å². The van der Waals surface area contributed by atoms with Crippen LogP contribution >= 0.6 is 0 Å². The van der Waals surface area contributed by atoms with Gasteiger partial charge in [0.15, 0.2) is 11.5 Å². The molecule has 1 heterocycles. The molecule has 4 aromatic rings. The molecule has 10 heteroatoms. The third kappa shape index (κ3) is 6.88. The molecule has 10 nitrogen and oxygen atoms in total. The summed E-state index contributed by atoms with van der Waals surface area (Å²) in [6.45, 7) is 5.64. The lowest BCUT2D eigenvalue weighted by Crippen LogP contribution is -2.12. The predicted molar refractivity (Wildman–Crippen MR) is 142 cm³/mol. The molecular formula is C28H28N4O6. The number of benzene rings is 3. The quantitative estimate of drug-likeness (QED) is 0.196. The number of carbonyl (C=O) groups is 1. The van der Waals surface area contributed by atoms with Crippen molar-refractivity contribution in [3.63, 3.8) is 0 Å². The Morgan fingerprint density at radius 2 is 1.71 bits per heavy atom. The number of carbonyl (C=O) groups excluding carboxylic acids is 1. The topological polar surface area (TPSA) is 118 Å². The maximum Gasteiger partial charge on any atom is 0.269 e. The van der Waals surface area contributed by atoms with Crippen LogP contribution in [0.3, 0.4) is 0 Å². The van der Waals surface area contributed by atoms with Crippen molar-refractivity contribution < 1.29 is 23.9 Å². The van der Waals surface area contributed by atoms with E-state index in [0.717, 1.165) is 11.1 Å². The molecule has 0 aliphatic rings. The number of hydrogen-bond donors (Lipinski definition) is 1. The zero-order valence-electron chi connectivity index (χ0n) is 21.1. The van der Waals surface area contributed by atoms with Crippen LogP contribution in [0, 0.1) is 10.1 Å². The fraction of sp³-hybridized carbons (Fsp3) is 0.214. The molecule has 1 aromatic heterocycles. The number of nitrogens with zero attached hydrogens (tertiary/aromatic N) is 3. The Bertz CT molecular complexity index is 1400. The van der Waals surface area contributed by atoms with Gasteiger partial charge in [-0.2, -0.15) is 5.10 Å². The number of anilines is 1. The van der Waals surface area contributed by atoms with Gasteiger partial charge in [0.2, 0.25) is 0 Å². The molecule has 0 saturated carbocycles. The van der Waals surface area contributed by atoms with E-state index in [9.17, 15) is 14.9 Å². The number of ether oxygens (including phenoxy) is 3. The van der Waals surface area contributed by atoms with Crippen molar-refractivity contribution in [3.8, 4) is 17.2 Å². The van der Waals surface area contributed by atoms with Crippen molar-refractivity contribution >= 4 is 17.3 Å². The number of nitrogens with one attached hydrogen (secondary N) is 1. The van der Waals surface area contributed by atoms with Crippen LogP contribution in [0.4, 0.5) is 11.4 Å². The van der Waals surface area contributed by atoms with Crippen molar-refractivity contribution in [2.75, 3.05) is 18.5 Å². The number of rotatable bonds is 12. The minimum atomic E-state index is -0.464. The summed E-state index contributed by atoms with van der Waals surface area (Å²) in [6.07, 6.45) is 3.35. The van der Waals surface area contributed by atoms with Crippen molar-refractivity contribution in [1.29, 1.82) is 0 Å². The zero-order chi connectivity index (χ0) is 26.9. The maximum absolute atomic E-state index is 12.8. The van der Waals surface area contributed by atoms with Gasteiger partial charge in [-0.25, -0.2) is 0 Å². The Hall–Kier alpha value is -4.86. The monoisotopic (exact) mass is 516 g/mol. The fourth-order valence-electron chi connectivity index (χ4n) is 3.73. The lowest BCUT2D eigenvalue weighted by molar-refractivity contribution is -0.384. The molecule has 3 aromatic carbocycles. The molecule has 0 aliphatic heterocycles. The van der Waals surface area contributed by atoms with Gasteiger partial charge < -0.3 is 19.5 Å². The highest BCUT2D eigenvalue weighted by atomic mass is 16.6. The molecule has 1 amide bonds. The van der Waals surface area contributed by atoms with Crippen LogP contribution < -0.4 is 19.5 Å². The second-order valence-electron chi connectivity index (χ2n) is 8.27. The van der Waals surface area contributed by atoms with Crippen molar-refractivity contribution in [1.82, 2.24) is 9.78 Å². The van der Waals surface area contributed by atoms with E-state index in [4.69, 9.17) is 14.2 Å². The molecule has 196 valence electrons. The van der Waals surface area contributed by atoms with Crippen LogP contribution in [0.15, 0.2) is 79.1 Å². The van der Waals surface area contributed by atoms with Gasteiger partial charge in [-0.15, -0.1) is 0 Å². The van der Waals surface area contributed by atoms with Crippen molar-refractivity contribution in [2.24, 2.45) is 0 Å². The number of amides is 1. The standard InChI is InChI=1S/C28H28N4O6/c1-3-36-26-13-8-20(15-27(26)37-4-2)17-31-18-23(16-29-31)30-28(33)22-7-5-6-21(14-22)19-38-25-11-9-24(10-12-25)32(34)35/h5-16,18H,3-4,17,19H2,1-2H3,(H,30,33). The highest BCUT2D eigenvalue weighted by Crippen LogP contribution is 2.29. The number of aromatic nitrogens is 2. The third-order valence-corrected chi connectivity index (χ3v) is 5.49. The third-order valence-electron chi connectivity index (χ3n) is 5.49. The lowest BCUT2D eigenvalue weighted by Gasteiger charge is -2.12. The minimum Gasteiger partial charge on any atom is -0.490 e. The summed E-state index contributed by atoms with van der Waals surface area (Å²) >= 11 is 0. The maximum atomic E-state index is 12.8. The summed E-state index contributed by atoms with van der Waals surface area (Å²) in [4.78, 5) is 23.2. The first-order valence-electron chi connectivity index (χ1n) is 12.1. The molecule has 1 N–H and O–H groups in total. The molecular weight excluding hydrogens is 488 g/mol. The summed E-state index contributed by atoms with van der Waals surface area (Å²) in [5.41, 5.74) is 2.80. The Morgan fingerprint density at radius 1 is 0.947 bits per heavy atom. The number of nitro benzene ring substituents is 1. The Morgan fingerprint density at radius 3 is 2.45 bits per heavy atom. The first kappa shape index (κ1) is 26.2. The summed E-state index contributed by atoms with van der Waals surface area (Å²) in [5.74, 6) is 1.61. The van der Waals surface area contributed by atoms with E-state index in [-0.39, 0.29) is 18.2 Å². The van der Waals surface area contributed by atoms with E-state index in [0.29, 0.717) is 48.3 Å². The van der Waals surface area contributed by atoms with Gasteiger partial charge in [0.25, 0.3) is 11.6 Å². The molecule has 0 aliphatic carbocycles. The van der Waals surface area contributed by atoms with Gasteiger partial charge >= 0.3 is 0 Å². The van der Waals surface area contributed by atoms with Crippen LogP contribution in [0.5, 0.6) is 17.2 Å². The summed E-state index contributed by atoms with van der Waals surface area (Å²) in [7, 11) is 0. The summed E-state index contributed by atoms with van der Waals surface area (Å²) in [5, 5.41) is 18.0. The van der Waals surface area contributed by atoms with Crippen LogP contribution in [0.2, 0.25) is 0 Å². The average Bonchev–Trinajstić information content (AvgIpc) is 3.36.